The van der Waals surface area contributed by atoms with Gasteiger partial charge in [0.2, 0.25) is 0 Å². The highest BCUT2D eigenvalue weighted by atomic mass is 19.2. The van der Waals surface area contributed by atoms with Gasteiger partial charge in [0.1, 0.15) is 0 Å². The summed E-state index contributed by atoms with van der Waals surface area (Å²) in [5.74, 6) is 0. The zero-order chi connectivity index (χ0) is 9.28. The monoisotopic (exact) mass is 157 g/mol. The average Bonchev–Trinajstić information content (AvgIpc) is 2.04. The summed E-state index contributed by atoms with van der Waals surface area (Å²) in [5, 5.41) is 0.453. The zero-order valence-corrected chi connectivity index (χ0v) is 7.47. The van der Waals surface area contributed by atoms with Crippen LogP contribution in [0.1, 0.15) is 13.8 Å². The number of hydrogen-bond acceptors (Lipinski definition) is 1. The Morgan fingerprint density at radius 1 is 1.45 bits per heavy atom. The van der Waals surface area contributed by atoms with E-state index in [2.05, 4.69) is 13.2 Å². The molecule has 0 fully saturated rings. The third-order valence-electron chi connectivity index (χ3n) is 0.756. The predicted molar refractivity (Wildman–Crippen MR) is 48.7 cm³/mol. The Hall–Kier alpha value is -1.05. The predicted octanol–water partition coefficient (Wildman–Crippen LogP) is 3.08. The molecule has 0 aliphatic heterocycles. The van der Waals surface area contributed by atoms with E-state index in [0.29, 0.717) is 10.7 Å². The van der Waals surface area contributed by atoms with Gasteiger partial charge in [-0.3, -0.25) is 0 Å². The summed E-state index contributed by atoms with van der Waals surface area (Å²) in [7, 11) is 1.30. The lowest BCUT2D eigenvalue weighted by Crippen LogP contribution is -1.92. The molecule has 0 atom stereocenters. The molecule has 0 aromatic heterocycles. The van der Waals surface area contributed by atoms with E-state index in [1.165, 1.54) is 19.3 Å². The fraction of sp³-hybridized carbons (Fsp3) is 0.333. The maximum Gasteiger partial charge on any atom is 0.0387 e. The maximum absolute atomic E-state index is 11.9. The van der Waals surface area contributed by atoms with E-state index < -0.39 is 0 Å². The minimum atomic E-state index is 0.453. The molecule has 11 heavy (non-hydrogen) atoms. The van der Waals surface area contributed by atoms with Crippen LogP contribution in [0, 0.1) is 0 Å². The molecule has 0 unspecified atom stereocenters. The standard InChI is InChI=1S/C7H10FN.C2H6/c1-4-7(2)5-6-9(3)8;1-2/h4-6H,1-2H2,3H3;1-2H3/b6-5+;. The summed E-state index contributed by atoms with van der Waals surface area (Å²) in [6.45, 7) is 11.0. The van der Waals surface area contributed by atoms with Gasteiger partial charge in [-0.25, -0.2) is 5.12 Å². The SMILES string of the molecule is C=CC(=C)/C=C/N(C)F.CC. The van der Waals surface area contributed by atoms with Crippen molar-refractivity contribution in [3.63, 3.8) is 0 Å². The molecule has 0 aromatic carbocycles. The maximum atomic E-state index is 11.9. The first-order chi connectivity index (χ1) is 5.16. The van der Waals surface area contributed by atoms with Crippen molar-refractivity contribution >= 4 is 0 Å². The van der Waals surface area contributed by atoms with E-state index >= 15 is 0 Å². The van der Waals surface area contributed by atoms with Gasteiger partial charge >= 0.3 is 0 Å². The zero-order valence-electron chi connectivity index (χ0n) is 7.47. The van der Waals surface area contributed by atoms with E-state index in [4.69, 9.17) is 0 Å². The molecule has 0 rings (SSSR count). The van der Waals surface area contributed by atoms with Crippen molar-refractivity contribution in [1.29, 1.82) is 0 Å². The lowest BCUT2D eigenvalue weighted by molar-refractivity contribution is 0.128. The molecule has 0 aromatic rings. The van der Waals surface area contributed by atoms with Gasteiger partial charge in [-0.15, -0.1) is 4.48 Å². The van der Waals surface area contributed by atoms with E-state index in [1.807, 2.05) is 13.8 Å². The highest BCUT2D eigenvalue weighted by molar-refractivity contribution is 5.24. The Bertz CT molecular complexity index is 136. The van der Waals surface area contributed by atoms with Crippen LogP contribution >= 0.6 is 0 Å². The summed E-state index contributed by atoms with van der Waals surface area (Å²) in [5.41, 5.74) is 0.694. The molecule has 1 nitrogen and oxygen atoms in total. The summed E-state index contributed by atoms with van der Waals surface area (Å²) in [4.78, 5) is 0. The highest BCUT2D eigenvalue weighted by Gasteiger charge is 1.80. The van der Waals surface area contributed by atoms with E-state index in [1.54, 1.807) is 6.08 Å². The van der Waals surface area contributed by atoms with Crippen molar-refractivity contribution in [3.8, 4) is 0 Å². The van der Waals surface area contributed by atoms with Gasteiger partial charge in [0.25, 0.3) is 0 Å². The second-order valence-corrected chi connectivity index (χ2v) is 1.62. The molecule has 0 saturated heterocycles. The van der Waals surface area contributed by atoms with Crippen LogP contribution in [0.25, 0.3) is 0 Å². The van der Waals surface area contributed by atoms with Crippen LogP contribution in [0.4, 0.5) is 4.48 Å². The van der Waals surface area contributed by atoms with Crippen molar-refractivity contribution < 1.29 is 4.48 Å². The molecule has 0 radical (unpaired) electrons. The van der Waals surface area contributed by atoms with Gasteiger partial charge in [-0.05, 0) is 11.6 Å². The average molecular weight is 157 g/mol. The molecule has 0 bridgehead atoms. The molecular weight excluding hydrogens is 141 g/mol. The van der Waals surface area contributed by atoms with Crippen LogP contribution in [-0.2, 0) is 0 Å². The van der Waals surface area contributed by atoms with E-state index in [0.717, 1.165) is 0 Å². The Morgan fingerprint density at radius 2 is 1.91 bits per heavy atom. The van der Waals surface area contributed by atoms with Gasteiger partial charge in [-0.2, -0.15) is 0 Å². The van der Waals surface area contributed by atoms with Gasteiger partial charge in [0.05, 0.1) is 0 Å². The van der Waals surface area contributed by atoms with Gasteiger partial charge in [-0.1, -0.05) is 33.1 Å². The summed E-state index contributed by atoms with van der Waals surface area (Å²) < 4.78 is 11.9. The van der Waals surface area contributed by atoms with Gasteiger partial charge in [0.15, 0.2) is 0 Å². The van der Waals surface area contributed by atoms with Crippen molar-refractivity contribution in [3.05, 3.63) is 37.1 Å². The molecule has 0 amide bonds. The Balaban J connectivity index is 0. The van der Waals surface area contributed by atoms with Crippen LogP contribution in [-0.4, -0.2) is 12.2 Å². The lowest BCUT2D eigenvalue weighted by atomic mass is 10.3. The summed E-state index contributed by atoms with van der Waals surface area (Å²) in [6.07, 6.45) is 4.36. The molecule has 2 heteroatoms. The first kappa shape index (κ1) is 12.6. The number of halogens is 1. The molecule has 64 valence electrons. The summed E-state index contributed by atoms with van der Waals surface area (Å²) >= 11 is 0. The minimum absolute atomic E-state index is 0.453. The van der Waals surface area contributed by atoms with Gasteiger partial charge in [0, 0.05) is 13.2 Å². The van der Waals surface area contributed by atoms with Crippen LogP contribution in [0.2, 0.25) is 0 Å². The molecule has 0 aliphatic rings. The normalized spacial score (nSPS) is 8.36. The smallest absolute Gasteiger partial charge is 0.0387 e. The molecule has 0 saturated carbocycles. The largest absolute Gasteiger partial charge is 0.222 e. The molecule has 0 spiro atoms. The fourth-order valence-corrected chi connectivity index (χ4v) is 0.266. The second-order valence-electron chi connectivity index (χ2n) is 1.62. The van der Waals surface area contributed by atoms with Crippen LogP contribution in [0.15, 0.2) is 37.1 Å². The minimum Gasteiger partial charge on any atom is -0.222 e. The molecule has 0 aliphatic carbocycles. The number of allylic oxidation sites excluding steroid dienone is 3. The van der Waals surface area contributed by atoms with Crippen molar-refractivity contribution in [1.82, 2.24) is 5.12 Å². The quantitative estimate of drug-likeness (QED) is 0.449. The highest BCUT2D eigenvalue weighted by Crippen LogP contribution is 1.94. The summed E-state index contributed by atoms with van der Waals surface area (Å²) in [6, 6.07) is 0. The lowest BCUT2D eigenvalue weighted by Gasteiger charge is -1.95. The van der Waals surface area contributed by atoms with Crippen LogP contribution in [0.5, 0.6) is 0 Å². The Kier molecular flexibility index (Phi) is 10.3. The number of hydrogen-bond donors (Lipinski definition) is 0. The van der Waals surface area contributed by atoms with Crippen molar-refractivity contribution in [2.24, 2.45) is 0 Å². The van der Waals surface area contributed by atoms with Gasteiger partial charge < -0.3 is 0 Å². The Labute approximate surface area is 68.5 Å². The Morgan fingerprint density at radius 3 is 2.18 bits per heavy atom. The topological polar surface area (TPSA) is 3.24 Å². The molecule has 0 N–H and O–H groups in total. The first-order valence-electron chi connectivity index (χ1n) is 3.55. The first-order valence-corrected chi connectivity index (χ1v) is 3.55. The number of nitrogens with zero attached hydrogens (tertiary/aromatic N) is 1. The third kappa shape index (κ3) is 12.2. The van der Waals surface area contributed by atoms with E-state index in [9.17, 15) is 4.48 Å². The van der Waals surface area contributed by atoms with Crippen LogP contribution < -0.4 is 0 Å². The van der Waals surface area contributed by atoms with Crippen LogP contribution in [0.3, 0.4) is 0 Å². The second kappa shape index (κ2) is 8.95. The molecular formula is C9H16FN. The third-order valence-corrected chi connectivity index (χ3v) is 0.756. The fourth-order valence-electron chi connectivity index (χ4n) is 0.266. The molecule has 0 heterocycles. The van der Waals surface area contributed by atoms with E-state index in [-0.39, 0.29) is 0 Å². The van der Waals surface area contributed by atoms with Crippen molar-refractivity contribution in [2.45, 2.75) is 13.8 Å². The van der Waals surface area contributed by atoms with Crippen molar-refractivity contribution in [2.75, 3.05) is 7.05 Å². The number of rotatable bonds is 3.